The standard InChI is InChI=1S/C11H12O3.C2H6/c12-9-4-3-7-1-2-8(5-11(13)14)10(7)6-9;1-2/h3-4,6,8,12H,1-2,5H2,(H,13,14);1-2H3. The van der Waals surface area contributed by atoms with Gasteiger partial charge in [-0.05, 0) is 42.0 Å². The van der Waals surface area contributed by atoms with E-state index in [1.54, 1.807) is 12.1 Å². The van der Waals surface area contributed by atoms with Crippen LogP contribution >= 0.6 is 0 Å². The summed E-state index contributed by atoms with van der Waals surface area (Å²) in [5.41, 5.74) is 2.18. The molecule has 0 heterocycles. The molecule has 0 saturated heterocycles. The Labute approximate surface area is 95.7 Å². The van der Waals surface area contributed by atoms with Gasteiger partial charge in [-0.15, -0.1) is 0 Å². The molecule has 0 radical (unpaired) electrons. The molecular formula is C13H18O3. The van der Waals surface area contributed by atoms with Gasteiger partial charge in [0.05, 0.1) is 6.42 Å². The lowest BCUT2D eigenvalue weighted by atomic mass is 9.98. The lowest BCUT2D eigenvalue weighted by molar-refractivity contribution is -0.137. The second kappa shape index (κ2) is 5.54. The van der Waals surface area contributed by atoms with Crippen molar-refractivity contribution in [2.24, 2.45) is 0 Å². The van der Waals surface area contributed by atoms with Crippen LogP contribution in [0.25, 0.3) is 0 Å². The largest absolute Gasteiger partial charge is 0.508 e. The normalized spacial score (nSPS) is 17.2. The van der Waals surface area contributed by atoms with Crippen molar-refractivity contribution < 1.29 is 15.0 Å². The maximum Gasteiger partial charge on any atom is 0.303 e. The Bertz CT molecular complexity index is 371. The maximum atomic E-state index is 10.6. The SMILES string of the molecule is CC.O=C(O)CC1CCc2ccc(O)cc21. The summed E-state index contributed by atoms with van der Waals surface area (Å²) in [6.07, 6.45) is 1.97. The van der Waals surface area contributed by atoms with E-state index in [0.717, 1.165) is 18.4 Å². The van der Waals surface area contributed by atoms with Gasteiger partial charge in [0.15, 0.2) is 0 Å². The molecule has 3 nitrogen and oxygen atoms in total. The zero-order chi connectivity index (χ0) is 12.1. The van der Waals surface area contributed by atoms with E-state index in [1.807, 2.05) is 19.9 Å². The van der Waals surface area contributed by atoms with Gasteiger partial charge in [-0.3, -0.25) is 4.79 Å². The molecule has 1 aromatic rings. The van der Waals surface area contributed by atoms with E-state index in [0.29, 0.717) is 0 Å². The predicted molar refractivity (Wildman–Crippen MR) is 62.8 cm³/mol. The summed E-state index contributed by atoms with van der Waals surface area (Å²) < 4.78 is 0. The molecule has 0 aromatic heterocycles. The van der Waals surface area contributed by atoms with Crippen LogP contribution in [0.4, 0.5) is 0 Å². The van der Waals surface area contributed by atoms with E-state index in [-0.39, 0.29) is 18.1 Å². The highest BCUT2D eigenvalue weighted by Crippen LogP contribution is 2.37. The number of carboxylic acid groups (broad SMARTS) is 1. The van der Waals surface area contributed by atoms with Crippen LogP contribution in [0.3, 0.4) is 0 Å². The highest BCUT2D eigenvalue weighted by atomic mass is 16.4. The van der Waals surface area contributed by atoms with Crippen molar-refractivity contribution in [1.29, 1.82) is 0 Å². The van der Waals surface area contributed by atoms with E-state index < -0.39 is 5.97 Å². The van der Waals surface area contributed by atoms with Gasteiger partial charge >= 0.3 is 5.97 Å². The molecule has 0 bridgehead atoms. The van der Waals surface area contributed by atoms with Crippen LogP contribution in [0.5, 0.6) is 5.75 Å². The van der Waals surface area contributed by atoms with Crippen LogP contribution in [-0.4, -0.2) is 16.2 Å². The van der Waals surface area contributed by atoms with Gasteiger partial charge < -0.3 is 10.2 Å². The van der Waals surface area contributed by atoms with Crippen LogP contribution < -0.4 is 0 Å². The molecule has 1 aromatic carbocycles. The van der Waals surface area contributed by atoms with E-state index in [4.69, 9.17) is 5.11 Å². The lowest BCUT2D eigenvalue weighted by Crippen LogP contribution is -2.02. The monoisotopic (exact) mass is 222 g/mol. The van der Waals surface area contributed by atoms with Gasteiger partial charge in [0.25, 0.3) is 0 Å². The average molecular weight is 222 g/mol. The maximum absolute atomic E-state index is 10.6. The summed E-state index contributed by atoms with van der Waals surface area (Å²) in [4.78, 5) is 10.6. The summed E-state index contributed by atoms with van der Waals surface area (Å²) in [7, 11) is 0. The molecular weight excluding hydrogens is 204 g/mol. The number of aromatic hydroxyl groups is 1. The second-order valence-corrected chi connectivity index (χ2v) is 3.72. The van der Waals surface area contributed by atoms with E-state index >= 15 is 0 Å². The molecule has 2 rings (SSSR count). The Kier molecular flexibility index (Phi) is 4.35. The van der Waals surface area contributed by atoms with Crippen molar-refractivity contribution in [3.05, 3.63) is 29.3 Å². The molecule has 1 aliphatic rings. The molecule has 16 heavy (non-hydrogen) atoms. The van der Waals surface area contributed by atoms with Gasteiger partial charge in [0.2, 0.25) is 0 Å². The number of aryl methyl sites for hydroxylation is 1. The lowest BCUT2D eigenvalue weighted by Gasteiger charge is -2.08. The number of benzene rings is 1. The minimum atomic E-state index is -0.772. The smallest absolute Gasteiger partial charge is 0.303 e. The molecule has 0 amide bonds. The van der Waals surface area contributed by atoms with Crippen LogP contribution in [0.1, 0.15) is 43.7 Å². The summed E-state index contributed by atoms with van der Waals surface area (Å²) in [6, 6.07) is 5.23. The first kappa shape index (κ1) is 12.6. The van der Waals surface area contributed by atoms with Crippen molar-refractivity contribution in [3.63, 3.8) is 0 Å². The minimum absolute atomic E-state index is 0.0783. The fraction of sp³-hybridized carbons (Fsp3) is 0.462. The number of rotatable bonds is 2. The first-order chi connectivity index (χ1) is 7.66. The Morgan fingerprint density at radius 3 is 2.75 bits per heavy atom. The summed E-state index contributed by atoms with van der Waals surface area (Å²) in [5, 5.41) is 18.0. The van der Waals surface area contributed by atoms with E-state index in [1.165, 1.54) is 5.56 Å². The van der Waals surface area contributed by atoms with Crippen LogP contribution in [0.15, 0.2) is 18.2 Å². The van der Waals surface area contributed by atoms with Gasteiger partial charge in [0, 0.05) is 0 Å². The fourth-order valence-electron chi connectivity index (χ4n) is 2.10. The van der Waals surface area contributed by atoms with Crippen molar-refractivity contribution in [2.75, 3.05) is 0 Å². The third-order valence-corrected chi connectivity index (χ3v) is 2.75. The molecule has 2 N–H and O–H groups in total. The van der Waals surface area contributed by atoms with Gasteiger partial charge in [-0.1, -0.05) is 19.9 Å². The first-order valence-corrected chi connectivity index (χ1v) is 5.70. The van der Waals surface area contributed by atoms with Crippen LogP contribution in [-0.2, 0) is 11.2 Å². The quantitative estimate of drug-likeness (QED) is 0.808. The van der Waals surface area contributed by atoms with E-state index in [2.05, 4.69) is 0 Å². The number of hydrogen-bond donors (Lipinski definition) is 2. The number of phenolic OH excluding ortho intramolecular Hbond substituents is 1. The number of carbonyl (C=O) groups is 1. The van der Waals surface area contributed by atoms with Crippen molar-refractivity contribution in [1.82, 2.24) is 0 Å². The molecule has 3 heteroatoms. The number of aliphatic carboxylic acids is 1. The molecule has 1 atom stereocenters. The van der Waals surface area contributed by atoms with Gasteiger partial charge in [-0.25, -0.2) is 0 Å². The molecule has 1 unspecified atom stereocenters. The minimum Gasteiger partial charge on any atom is -0.508 e. The van der Waals surface area contributed by atoms with Gasteiger partial charge in [-0.2, -0.15) is 0 Å². The number of fused-ring (bicyclic) bond motifs is 1. The molecule has 0 aliphatic heterocycles. The molecule has 0 fully saturated rings. The van der Waals surface area contributed by atoms with Crippen molar-refractivity contribution >= 4 is 5.97 Å². The highest BCUT2D eigenvalue weighted by Gasteiger charge is 2.24. The number of carboxylic acids is 1. The molecule has 0 saturated carbocycles. The molecule has 1 aliphatic carbocycles. The van der Waals surface area contributed by atoms with Crippen LogP contribution in [0, 0.1) is 0 Å². The zero-order valence-electron chi connectivity index (χ0n) is 9.73. The van der Waals surface area contributed by atoms with Crippen LogP contribution in [0.2, 0.25) is 0 Å². The summed E-state index contributed by atoms with van der Waals surface area (Å²) in [6.45, 7) is 4.00. The first-order valence-electron chi connectivity index (χ1n) is 5.70. The van der Waals surface area contributed by atoms with E-state index in [9.17, 15) is 9.90 Å². The predicted octanol–water partition coefficient (Wildman–Crippen LogP) is 2.92. The Balaban J connectivity index is 0.000000606. The Morgan fingerprint density at radius 1 is 1.44 bits per heavy atom. The average Bonchev–Trinajstić information content (AvgIpc) is 2.63. The third kappa shape index (κ3) is 2.75. The highest BCUT2D eigenvalue weighted by molar-refractivity contribution is 5.68. The fourth-order valence-corrected chi connectivity index (χ4v) is 2.10. The number of phenols is 1. The Morgan fingerprint density at radius 2 is 2.12 bits per heavy atom. The molecule has 88 valence electrons. The molecule has 0 spiro atoms. The second-order valence-electron chi connectivity index (χ2n) is 3.72. The van der Waals surface area contributed by atoms with Crippen molar-refractivity contribution in [3.8, 4) is 5.75 Å². The summed E-state index contributed by atoms with van der Waals surface area (Å²) >= 11 is 0. The zero-order valence-corrected chi connectivity index (χ0v) is 9.73. The van der Waals surface area contributed by atoms with Gasteiger partial charge in [0.1, 0.15) is 5.75 Å². The summed E-state index contributed by atoms with van der Waals surface area (Å²) in [5.74, 6) is -0.471. The number of hydrogen-bond acceptors (Lipinski definition) is 2. The third-order valence-electron chi connectivity index (χ3n) is 2.75. The topological polar surface area (TPSA) is 57.5 Å². The van der Waals surface area contributed by atoms with Crippen molar-refractivity contribution in [2.45, 2.75) is 39.0 Å². The Hall–Kier alpha value is -1.51.